The van der Waals surface area contributed by atoms with Gasteiger partial charge in [0.15, 0.2) is 12.9 Å². The maximum Gasteiger partial charge on any atom is 0.257 e. The molecule has 6 nitrogen and oxygen atoms in total. The van der Waals surface area contributed by atoms with Crippen molar-refractivity contribution >= 4 is 12.2 Å². The average Bonchev–Trinajstić information content (AvgIpc) is 2.52. The lowest BCUT2D eigenvalue weighted by Gasteiger charge is -2.09. The normalized spacial score (nSPS) is 10.1. The number of amides is 1. The second kappa shape index (κ2) is 10.8. The lowest BCUT2D eigenvalue weighted by molar-refractivity contribution is -0.123. The van der Waals surface area contributed by atoms with E-state index in [-0.39, 0.29) is 12.5 Å². The van der Waals surface area contributed by atoms with Crippen LogP contribution in [0.2, 0.25) is 0 Å². The minimum Gasteiger partial charge on any atom is -0.483 e. The second-order valence-electron chi connectivity index (χ2n) is 4.40. The zero-order valence-corrected chi connectivity index (χ0v) is 12.0. The zero-order chi connectivity index (χ0) is 15.3. The molecular formula is C15H22N2O4. The van der Waals surface area contributed by atoms with Crippen molar-refractivity contribution in [2.24, 2.45) is 5.73 Å². The Hall–Kier alpha value is -1.92. The number of para-hydroxylation sites is 1. The predicted molar refractivity (Wildman–Crippen MR) is 79.4 cm³/mol. The first-order valence-electron chi connectivity index (χ1n) is 6.99. The fourth-order valence-corrected chi connectivity index (χ4v) is 1.59. The zero-order valence-electron chi connectivity index (χ0n) is 12.0. The molecule has 0 spiro atoms. The first-order chi connectivity index (χ1) is 10.3. The first-order valence-corrected chi connectivity index (χ1v) is 6.99. The van der Waals surface area contributed by atoms with Gasteiger partial charge in [-0.05, 0) is 31.5 Å². The molecule has 3 N–H and O–H groups in total. The number of hydrogen-bond donors (Lipinski definition) is 2. The number of carbonyl (C=O) groups is 2. The molecule has 0 saturated heterocycles. The number of benzene rings is 1. The van der Waals surface area contributed by atoms with Gasteiger partial charge < -0.3 is 20.5 Å². The number of nitrogens with one attached hydrogen (secondary N) is 1. The van der Waals surface area contributed by atoms with Crippen LogP contribution < -0.4 is 15.8 Å². The lowest BCUT2D eigenvalue weighted by atomic mass is 10.2. The van der Waals surface area contributed by atoms with Crippen molar-refractivity contribution in [3.8, 4) is 5.75 Å². The molecule has 1 aromatic carbocycles. The lowest BCUT2D eigenvalue weighted by Crippen LogP contribution is -2.30. The fourth-order valence-electron chi connectivity index (χ4n) is 1.59. The summed E-state index contributed by atoms with van der Waals surface area (Å²) in [6.45, 7) is 2.28. The molecule has 1 amide bonds. The van der Waals surface area contributed by atoms with E-state index in [4.69, 9.17) is 15.2 Å². The summed E-state index contributed by atoms with van der Waals surface area (Å²) in [4.78, 5) is 22.4. The van der Waals surface area contributed by atoms with Gasteiger partial charge in [0, 0.05) is 19.8 Å². The van der Waals surface area contributed by atoms with E-state index in [0.29, 0.717) is 43.9 Å². The molecule has 0 radical (unpaired) electrons. The summed E-state index contributed by atoms with van der Waals surface area (Å²) in [5.74, 6) is 0.186. The molecule has 0 heterocycles. The molecular weight excluding hydrogens is 272 g/mol. The number of aldehydes is 1. The SMILES string of the molecule is NCCCOCCCNC(=O)COc1ccccc1C=O. The fraction of sp³-hybridized carbons (Fsp3) is 0.467. The summed E-state index contributed by atoms with van der Waals surface area (Å²) in [6.07, 6.45) is 2.28. The van der Waals surface area contributed by atoms with Crippen LogP contribution in [0.15, 0.2) is 24.3 Å². The van der Waals surface area contributed by atoms with Crippen LogP contribution in [-0.2, 0) is 9.53 Å². The van der Waals surface area contributed by atoms with Gasteiger partial charge in [-0.1, -0.05) is 12.1 Å². The molecule has 0 fully saturated rings. The Bertz CT molecular complexity index is 437. The van der Waals surface area contributed by atoms with Crippen LogP contribution in [0.25, 0.3) is 0 Å². The number of ether oxygens (including phenoxy) is 2. The van der Waals surface area contributed by atoms with E-state index in [0.717, 1.165) is 12.8 Å². The summed E-state index contributed by atoms with van der Waals surface area (Å²) >= 11 is 0. The molecule has 21 heavy (non-hydrogen) atoms. The van der Waals surface area contributed by atoms with Gasteiger partial charge in [0.1, 0.15) is 5.75 Å². The Morgan fingerprint density at radius 3 is 2.76 bits per heavy atom. The highest BCUT2D eigenvalue weighted by molar-refractivity contribution is 5.80. The van der Waals surface area contributed by atoms with Gasteiger partial charge in [-0.15, -0.1) is 0 Å². The van der Waals surface area contributed by atoms with Gasteiger partial charge in [-0.2, -0.15) is 0 Å². The number of hydrogen-bond acceptors (Lipinski definition) is 5. The van der Waals surface area contributed by atoms with Crippen molar-refractivity contribution in [3.05, 3.63) is 29.8 Å². The molecule has 1 rings (SSSR count). The van der Waals surface area contributed by atoms with E-state index in [1.54, 1.807) is 24.3 Å². The van der Waals surface area contributed by atoms with Crippen molar-refractivity contribution in [1.82, 2.24) is 5.32 Å². The van der Waals surface area contributed by atoms with Gasteiger partial charge in [-0.25, -0.2) is 0 Å². The number of rotatable bonds is 11. The van der Waals surface area contributed by atoms with Gasteiger partial charge in [0.2, 0.25) is 0 Å². The van der Waals surface area contributed by atoms with Crippen molar-refractivity contribution in [1.29, 1.82) is 0 Å². The number of nitrogens with two attached hydrogens (primary N) is 1. The molecule has 0 aliphatic rings. The highest BCUT2D eigenvalue weighted by Gasteiger charge is 2.05. The smallest absolute Gasteiger partial charge is 0.257 e. The van der Waals surface area contributed by atoms with Crippen molar-refractivity contribution in [2.75, 3.05) is 32.9 Å². The molecule has 116 valence electrons. The highest BCUT2D eigenvalue weighted by atomic mass is 16.5. The standard InChI is InChI=1S/C15H22N2O4/c16-7-3-9-20-10-4-8-17-15(19)12-21-14-6-2-1-5-13(14)11-18/h1-2,5-6,11H,3-4,7-10,12,16H2,(H,17,19). The van der Waals surface area contributed by atoms with E-state index >= 15 is 0 Å². The van der Waals surface area contributed by atoms with E-state index in [1.807, 2.05) is 0 Å². The van der Waals surface area contributed by atoms with E-state index in [2.05, 4.69) is 5.32 Å². The summed E-state index contributed by atoms with van der Waals surface area (Å²) in [5, 5.41) is 2.72. The van der Waals surface area contributed by atoms with Crippen LogP contribution in [-0.4, -0.2) is 45.1 Å². The molecule has 0 aliphatic carbocycles. The third kappa shape index (κ3) is 7.43. The van der Waals surface area contributed by atoms with Crippen LogP contribution in [0.4, 0.5) is 0 Å². The monoisotopic (exact) mass is 294 g/mol. The second-order valence-corrected chi connectivity index (χ2v) is 4.40. The van der Waals surface area contributed by atoms with Gasteiger partial charge in [-0.3, -0.25) is 9.59 Å². The molecule has 0 saturated carbocycles. The molecule has 0 atom stereocenters. The minimum absolute atomic E-state index is 0.112. The summed E-state index contributed by atoms with van der Waals surface area (Å²) in [6, 6.07) is 6.78. The largest absolute Gasteiger partial charge is 0.483 e. The van der Waals surface area contributed by atoms with Crippen molar-refractivity contribution in [3.63, 3.8) is 0 Å². The maximum absolute atomic E-state index is 11.6. The molecule has 0 aromatic heterocycles. The molecule has 6 heteroatoms. The topological polar surface area (TPSA) is 90.7 Å². The molecule has 0 unspecified atom stereocenters. The summed E-state index contributed by atoms with van der Waals surface area (Å²) in [7, 11) is 0. The minimum atomic E-state index is -0.224. The van der Waals surface area contributed by atoms with Crippen LogP contribution in [0.3, 0.4) is 0 Å². The van der Waals surface area contributed by atoms with Crippen LogP contribution in [0, 0.1) is 0 Å². The quantitative estimate of drug-likeness (QED) is 0.464. The van der Waals surface area contributed by atoms with Crippen molar-refractivity contribution < 1.29 is 19.1 Å². The van der Waals surface area contributed by atoms with Gasteiger partial charge >= 0.3 is 0 Å². The van der Waals surface area contributed by atoms with Crippen LogP contribution in [0.1, 0.15) is 23.2 Å². The predicted octanol–water partition coefficient (Wildman–Crippen LogP) is 0.750. The molecule has 1 aromatic rings. The van der Waals surface area contributed by atoms with Crippen LogP contribution >= 0.6 is 0 Å². The Balaban J connectivity index is 2.12. The Morgan fingerprint density at radius 1 is 1.24 bits per heavy atom. The third-order valence-corrected chi connectivity index (χ3v) is 2.69. The Labute approximate surface area is 124 Å². The highest BCUT2D eigenvalue weighted by Crippen LogP contribution is 2.15. The van der Waals surface area contributed by atoms with Gasteiger partial charge in [0.05, 0.1) is 5.56 Å². The Morgan fingerprint density at radius 2 is 2.00 bits per heavy atom. The summed E-state index contributed by atoms with van der Waals surface area (Å²) in [5.41, 5.74) is 5.77. The Kier molecular flexibility index (Phi) is 8.83. The average molecular weight is 294 g/mol. The first kappa shape index (κ1) is 17.1. The van der Waals surface area contributed by atoms with E-state index < -0.39 is 0 Å². The molecule has 0 aliphatic heterocycles. The summed E-state index contributed by atoms with van der Waals surface area (Å²) < 4.78 is 10.6. The number of carbonyl (C=O) groups excluding carboxylic acids is 2. The third-order valence-electron chi connectivity index (χ3n) is 2.69. The van der Waals surface area contributed by atoms with Crippen LogP contribution in [0.5, 0.6) is 5.75 Å². The van der Waals surface area contributed by atoms with E-state index in [9.17, 15) is 9.59 Å². The van der Waals surface area contributed by atoms with Gasteiger partial charge in [0.25, 0.3) is 5.91 Å². The molecule has 0 bridgehead atoms. The van der Waals surface area contributed by atoms with Crippen molar-refractivity contribution in [2.45, 2.75) is 12.8 Å². The van der Waals surface area contributed by atoms with E-state index in [1.165, 1.54) is 0 Å². The maximum atomic E-state index is 11.6.